The highest BCUT2D eigenvalue weighted by Crippen LogP contribution is 2.15. The highest BCUT2D eigenvalue weighted by molar-refractivity contribution is 7.90. The van der Waals surface area contributed by atoms with Gasteiger partial charge in [0.15, 0.2) is 5.78 Å². The lowest BCUT2D eigenvalue weighted by atomic mass is 10.1. The van der Waals surface area contributed by atoms with Gasteiger partial charge in [-0.25, -0.2) is 17.9 Å². The average molecular weight is 455 g/mol. The summed E-state index contributed by atoms with van der Waals surface area (Å²) in [6.45, 7) is 1.99. The molecular formula is C23H19ClN2O4S. The van der Waals surface area contributed by atoms with Crippen LogP contribution in [0.25, 0.3) is 6.08 Å². The topological polar surface area (TPSA) is 92.3 Å². The predicted molar refractivity (Wildman–Crippen MR) is 122 cm³/mol. The maximum atomic E-state index is 12.3. The molecule has 3 aromatic rings. The van der Waals surface area contributed by atoms with Gasteiger partial charge in [0.2, 0.25) is 0 Å². The number of hydrogen-bond donors (Lipinski definition) is 2. The minimum absolute atomic E-state index is 0.0895. The van der Waals surface area contributed by atoms with Crippen LogP contribution in [0.15, 0.2) is 83.8 Å². The average Bonchev–Trinajstić information content (AvgIpc) is 2.73. The monoisotopic (exact) mass is 454 g/mol. The second-order valence-electron chi connectivity index (χ2n) is 6.70. The number of hydrogen-bond acceptors (Lipinski definition) is 4. The van der Waals surface area contributed by atoms with Gasteiger partial charge in [0.1, 0.15) is 0 Å². The first-order valence-electron chi connectivity index (χ1n) is 9.21. The maximum absolute atomic E-state index is 12.3. The van der Waals surface area contributed by atoms with Gasteiger partial charge in [-0.05, 0) is 67.1 Å². The number of urea groups is 1. The molecule has 6 nitrogen and oxygen atoms in total. The summed E-state index contributed by atoms with van der Waals surface area (Å²) in [6.07, 6.45) is 3.20. The molecule has 8 heteroatoms. The Balaban J connectivity index is 1.60. The summed E-state index contributed by atoms with van der Waals surface area (Å²) in [5, 5.41) is 2.81. The van der Waals surface area contributed by atoms with Crippen LogP contribution in [-0.2, 0) is 10.0 Å². The summed E-state index contributed by atoms with van der Waals surface area (Å²) in [5.41, 5.74) is 2.82. The van der Waals surface area contributed by atoms with Crippen LogP contribution in [-0.4, -0.2) is 20.2 Å². The maximum Gasteiger partial charge on any atom is 0.333 e. The number of benzene rings is 3. The number of allylic oxidation sites excluding steroid dienone is 1. The molecule has 0 spiro atoms. The third kappa shape index (κ3) is 6.28. The highest BCUT2D eigenvalue weighted by atomic mass is 35.5. The number of sulfonamides is 1. The van der Waals surface area contributed by atoms with Crippen LogP contribution < -0.4 is 10.0 Å². The summed E-state index contributed by atoms with van der Waals surface area (Å²) in [7, 11) is -4.04. The molecule has 2 N–H and O–H groups in total. The number of nitrogens with one attached hydrogen (secondary N) is 2. The molecule has 0 heterocycles. The summed E-state index contributed by atoms with van der Waals surface area (Å²) in [6, 6.07) is 18.4. The fourth-order valence-electron chi connectivity index (χ4n) is 2.61. The van der Waals surface area contributed by atoms with Gasteiger partial charge in [0.25, 0.3) is 10.0 Å². The van der Waals surface area contributed by atoms with Crippen molar-refractivity contribution >= 4 is 45.2 Å². The lowest BCUT2D eigenvalue weighted by Crippen LogP contribution is -2.34. The second-order valence-corrected chi connectivity index (χ2v) is 8.82. The number of rotatable bonds is 6. The molecule has 0 saturated carbocycles. The molecular weight excluding hydrogens is 436 g/mol. The molecule has 0 atom stereocenters. The van der Waals surface area contributed by atoms with Crippen molar-refractivity contribution in [3.63, 3.8) is 0 Å². The summed E-state index contributed by atoms with van der Waals surface area (Å²) in [4.78, 5) is 24.3. The summed E-state index contributed by atoms with van der Waals surface area (Å²) in [5.74, 6) is -0.193. The van der Waals surface area contributed by atoms with Crippen LogP contribution in [0, 0.1) is 6.92 Å². The minimum atomic E-state index is -4.04. The van der Waals surface area contributed by atoms with Crippen LogP contribution in [0.1, 0.15) is 21.5 Å². The van der Waals surface area contributed by atoms with Crippen LogP contribution in [0.3, 0.4) is 0 Å². The van der Waals surface area contributed by atoms with Crippen LogP contribution in [0.5, 0.6) is 0 Å². The number of carbonyl (C=O) groups excluding carboxylic acids is 2. The minimum Gasteiger partial charge on any atom is -0.307 e. The van der Waals surface area contributed by atoms with E-state index in [-0.39, 0.29) is 10.7 Å². The van der Waals surface area contributed by atoms with Crippen LogP contribution in [0.2, 0.25) is 5.02 Å². The van der Waals surface area contributed by atoms with Crippen molar-refractivity contribution < 1.29 is 18.0 Å². The fourth-order valence-corrected chi connectivity index (χ4v) is 3.65. The second kappa shape index (κ2) is 9.59. The van der Waals surface area contributed by atoms with Gasteiger partial charge in [-0.1, -0.05) is 47.5 Å². The molecule has 0 bridgehead atoms. The predicted octanol–water partition coefficient (Wildman–Crippen LogP) is 5.05. The molecule has 158 valence electrons. The van der Waals surface area contributed by atoms with Crippen molar-refractivity contribution in [3.05, 3.63) is 101 Å². The number of amides is 2. The molecule has 0 aliphatic rings. The molecule has 0 fully saturated rings. The fraction of sp³-hybridized carbons (Fsp3) is 0.0435. The van der Waals surface area contributed by atoms with E-state index in [4.69, 9.17) is 11.6 Å². The molecule has 0 aliphatic heterocycles. The van der Waals surface area contributed by atoms with Crippen molar-refractivity contribution in [1.29, 1.82) is 0 Å². The largest absolute Gasteiger partial charge is 0.333 e. The molecule has 3 aromatic carbocycles. The Morgan fingerprint density at radius 3 is 2.10 bits per heavy atom. The van der Waals surface area contributed by atoms with Crippen molar-refractivity contribution in [1.82, 2.24) is 4.72 Å². The van der Waals surface area contributed by atoms with Gasteiger partial charge >= 0.3 is 6.03 Å². The first kappa shape index (κ1) is 22.3. The third-order valence-corrected chi connectivity index (χ3v) is 5.88. The number of ketones is 1. The molecule has 0 unspecified atom stereocenters. The SMILES string of the molecule is Cc1ccc(/C=C/C(=O)c2ccc(NC(=O)NS(=O)(=O)c3ccc(Cl)cc3)cc2)cc1. The Morgan fingerprint density at radius 1 is 0.871 bits per heavy atom. The van der Waals surface area contributed by atoms with Gasteiger partial charge < -0.3 is 5.32 Å². The van der Waals surface area contributed by atoms with Gasteiger partial charge in [0.05, 0.1) is 4.90 Å². The molecule has 0 aliphatic carbocycles. The Morgan fingerprint density at radius 2 is 1.48 bits per heavy atom. The van der Waals surface area contributed by atoms with Crippen molar-refractivity contribution in [3.8, 4) is 0 Å². The zero-order valence-electron chi connectivity index (χ0n) is 16.5. The van der Waals surface area contributed by atoms with Gasteiger partial charge in [-0.2, -0.15) is 0 Å². The van der Waals surface area contributed by atoms with Crippen molar-refractivity contribution in [2.24, 2.45) is 0 Å². The Labute approximate surface area is 185 Å². The third-order valence-electron chi connectivity index (χ3n) is 4.28. The quantitative estimate of drug-likeness (QED) is 0.402. The lowest BCUT2D eigenvalue weighted by molar-refractivity contribution is 0.104. The normalized spacial score (nSPS) is 11.3. The van der Waals surface area contributed by atoms with E-state index in [0.29, 0.717) is 16.3 Å². The molecule has 0 aromatic heterocycles. The highest BCUT2D eigenvalue weighted by Gasteiger charge is 2.17. The van der Waals surface area contributed by atoms with Gasteiger partial charge in [-0.3, -0.25) is 4.79 Å². The van der Waals surface area contributed by atoms with Crippen molar-refractivity contribution in [2.45, 2.75) is 11.8 Å². The van der Waals surface area contributed by atoms with Crippen LogP contribution in [0.4, 0.5) is 10.5 Å². The number of halogens is 1. The molecule has 3 rings (SSSR count). The van der Waals surface area contributed by atoms with E-state index in [0.717, 1.165) is 11.1 Å². The van der Waals surface area contributed by atoms with E-state index in [1.165, 1.54) is 42.5 Å². The van der Waals surface area contributed by atoms with Gasteiger partial charge in [0, 0.05) is 16.3 Å². The zero-order valence-corrected chi connectivity index (χ0v) is 18.1. The van der Waals surface area contributed by atoms with E-state index in [9.17, 15) is 18.0 Å². The molecule has 0 radical (unpaired) electrons. The lowest BCUT2D eigenvalue weighted by Gasteiger charge is -2.09. The van der Waals surface area contributed by atoms with E-state index in [2.05, 4.69) is 5.32 Å². The first-order valence-corrected chi connectivity index (χ1v) is 11.1. The summed E-state index contributed by atoms with van der Waals surface area (Å²) >= 11 is 5.74. The van der Waals surface area contributed by atoms with E-state index < -0.39 is 16.1 Å². The number of carbonyl (C=O) groups is 2. The standard InChI is InChI=1S/C23H19ClN2O4S/c1-16-2-4-17(5-3-16)6-15-22(27)18-7-11-20(12-8-18)25-23(28)26-31(29,30)21-13-9-19(24)10-14-21/h2-15H,1H3,(H2,25,26,28)/b15-6+. The molecule has 0 saturated heterocycles. The Hall–Kier alpha value is -3.42. The Kier molecular flexibility index (Phi) is 6.89. The van der Waals surface area contributed by atoms with Crippen molar-refractivity contribution in [2.75, 3.05) is 5.32 Å². The van der Waals surface area contributed by atoms with E-state index in [1.807, 2.05) is 35.9 Å². The first-order chi connectivity index (χ1) is 14.7. The molecule has 31 heavy (non-hydrogen) atoms. The number of anilines is 1. The van der Waals surface area contributed by atoms with E-state index in [1.54, 1.807) is 18.2 Å². The van der Waals surface area contributed by atoms with E-state index >= 15 is 0 Å². The summed E-state index contributed by atoms with van der Waals surface area (Å²) < 4.78 is 26.4. The van der Waals surface area contributed by atoms with Crippen LogP contribution >= 0.6 is 11.6 Å². The smallest absolute Gasteiger partial charge is 0.307 e. The Bertz CT molecular complexity index is 1220. The number of aryl methyl sites for hydroxylation is 1. The zero-order chi connectivity index (χ0) is 22.4. The van der Waals surface area contributed by atoms with Gasteiger partial charge in [-0.15, -0.1) is 0 Å². The molecule has 2 amide bonds.